The summed E-state index contributed by atoms with van der Waals surface area (Å²) < 4.78 is 1.96. The van der Waals surface area contributed by atoms with E-state index >= 15 is 0 Å². The van der Waals surface area contributed by atoms with Gasteiger partial charge in [-0.3, -0.25) is 9.48 Å². The van der Waals surface area contributed by atoms with Gasteiger partial charge in [0.25, 0.3) is 0 Å². The quantitative estimate of drug-likeness (QED) is 0.428. The summed E-state index contributed by atoms with van der Waals surface area (Å²) >= 11 is 12.3. The van der Waals surface area contributed by atoms with Gasteiger partial charge in [0.05, 0.1) is 18.3 Å². The van der Waals surface area contributed by atoms with Gasteiger partial charge in [0, 0.05) is 84.7 Å². The summed E-state index contributed by atoms with van der Waals surface area (Å²) in [6.45, 7) is 7.78. The Balaban J connectivity index is 1.23. The van der Waals surface area contributed by atoms with Crippen molar-refractivity contribution >= 4 is 34.8 Å². The lowest BCUT2D eigenvalue weighted by molar-refractivity contribution is -0.129. The van der Waals surface area contributed by atoms with Crippen LogP contribution in [0.25, 0.3) is 11.3 Å². The fraction of sp³-hybridized carbons (Fsp3) is 0.448. The zero-order chi connectivity index (χ0) is 26.8. The van der Waals surface area contributed by atoms with Gasteiger partial charge in [-0.15, -0.1) is 0 Å². The number of anilines is 1. The topological polar surface area (TPSA) is 73.6 Å². The summed E-state index contributed by atoms with van der Waals surface area (Å²) in [5, 5.41) is 21.1. The number of β-amino-alcohol motifs (C(OH)–C–C–N with tert-alkyl or cyclic N) is 1. The molecule has 2 aliphatic heterocycles. The minimum atomic E-state index is -0.539. The zero-order valence-corrected chi connectivity index (χ0v) is 23.5. The van der Waals surface area contributed by atoms with E-state index in [2.05, 4.69) is 17.1 Å². The summed E-state index contributed by atoms with van der Waals surface area (Å²) in [6, 6.07) is 14.0. The van der Waals surface area contributed by atoms with Crippen molar-refractivity contribution in [1.82, 2.24) is 19.6 Å². The maximum absolute atomic E-state index is 12.1. The number of carbonyl (C=O) groups is 1. The Labute approximate surface area is 234 Å². The van der Waals surface area contributed by atoms with Gasteiger partial charge in [0.15, 0.2) is 0 Å². The molecule has 1 aromatic heterocycles. The number of carbonyl (C=O) groups excluding carboxylic acids is 1. The number of likely N-dealkylation sites (tertiary alicyclic amines) is 1. The normalized spacial score (nSPS) is 17.3. The molecular formula is C29H35Cl2N5O2. The van der Waals surface area contributed by atoms with Crippen LogP contribution in [-0.4, -0.2) is 68.9 Å². The largest absolute Gasteiger partial charge is 0.390 e. The Morgan fingerprint density at radius 3 is 2.50 bits per heavy atom. The second kappa shape index (κ2) is 11.7. The molecule has 202 valence electrons. The summed E-state index contributed by atoms with van der Waals surface area (Å²) in [6.07, 6.45) is 2.21. The molecule has 2 N–H and O–H groups in total. The van der Waals surface area contributed by atoms with Crippen LogP contribution in [0.2, 0.25) is 10.0 Å². The number of amides is 1. The molecule has 0 saturated carbocycles. The maximum Gasteiger partial charge on any atom is 0.219 e. The molecule has 1 saturated heterocycles. The number of aromatic nitrogens is 2. The zero-order valence-electron chi connectivity index (χ0n) is 22.0. The molecular weight excluding hydrogens is 521 g/mol. The Morgan fingerprint density at radius 1 is 1.08 bits per heavy atom. The Hall–Kier alpha value is -2.58. The lowest BCUT2D eigenvalue weighted by Gasteiger charge is -2.34. The highest BCUT2D eigenvalue weighted by Gasteiger charge is 2.28. The van der Waals surface area contributed by atoms with Crippen molar-refractivity contribution in [2.75, 3.05) is 31.5 Å². The standard InChI is InChI=1S/C29H35Cl2N5O2/c1-19-3-6-23(31)15-27(19)32-24-9-12-34(13-10-24)16-25(38)17-36-28-11-14-35(20(2)37)18-26(28)29(33-36)21-4-7-22(30)8-5-21/h3-8,15,24-25,32,38H,9-14,16-18H2,1-2H3. The molecule has 1 amide bonds. The molecule has 3 heterocycles. The van der Waals surface area contributed by atoms with Crippen molar-refractivity contribution in [3.63, 3.8) is 0 Å². The summed E-state index contributed by atoms with van der Waals surface area (Å²) in [4.78, 5) is 16.3. The second-order valence-electron chi connectivity index (χ2n) is 10.5. The van der Waals surface area contributed by atoms with Crippen molar-refractivity contribution in [1.29, 1.82) is 0 Å². The Bertz CT molecular complexity index is 1280. The van der Waals surface area contributed by atoms with Gasteiger partial charge in [-0.1, -0.05) is 41.4 Å². The fourth-order valence-corrected chi connectivity index (χ4v) is 5.83. The summed E-state index contributed by atoms with van der Waals surface area (Å²) in [5.41, 5.74) is 6.28. The molecule has 5 rings (SSSR count). The predicted molar refractivity (Wildman–Crippen MR) is 153 cm³/mol. The summed E-state index contributed by atoms with van der Waals surface area (Å²) in [7, 11) is 0. The monoisotopic (exact) mass is 555 g/mol. The Kier molecular flexibility index (Phi) is 8.29. The molecule has 38 heavy (non-hydrogen) atoms. The average molecular weight is 557 g/mol. The van der Waals surface area contributed by atoms with E-state index in [1.54, 1.807) is 6.92 Å². The highest BCUT2D eigenvalue weighted by atomic mass is 35.5. The second-order valence-corrected chi connectivity index (χ2v) is 11.4. The molecule has 0 radical (unpaired) electrons. The number of hydrogen-bond donors (Lipinski definition) is 2. The predicted octanol–water partition coefficient (Wildman–Crippen LogP) is 5.01. The first-order chi connectivity index (χ1) is 18.3. The van der Waals surface area contributed by atoms with E-state index in [4.69, 9.17) is 28.3 Å². The highest BCUT2D eigenvalue weighted by molar-refractivity contribution is 6.31. The number of aryl methyl sites for hydroxylation is 1. The van der Waals surface area contributed by atoms with Gasteiger partial charge >= 0.3 is 0 Å². The SMILES string of the molecule is CC(=O)N1CCc2c(c(-c3ccc(Cl)cc3)nn2CC(O)CN2CCC(Nc3cc(Cl)ccc3C)CC2)C1. The lowest BCUT2D eigenvalue weighted by Crippen LogP contribution is -2.43. The number of halogens is 2. The molecule has 1 unspecified atom stereocenters. The number of fused-ring (bicyclic) bond motifs is 1. The van der Waals surface area contributed by atoms with Crippen LogP contribution in [0.1, 0.15) is 36.6 Å². The first-order valence-electron chi connectivity index (χ1n) is 13.3. The van der Waals surface area contributed by atoms with E-state index in [1.165, 1.54) is 5.56 Å². The number of aliphatic hydroxyl groups is 1. The van der Waals surface area contributed by atoms with Crippen LogP contribution in [0, 0.1) is 6.92 Å². The number of hydrogen-bond acceptors (Lipinski definition) is 5. The van der Waals surface area contributed by atoms with Crippen molar-refractivity contribution < 1.29 is 9.90 Å². The molecule has 0 aliphatic carbocycles. The van der Waals surface area contributed by atoms with E-state index in [0.717, 1.165) is 65.6 Å². The third-order valence-corrected chi connectivity index (χ3v) is 8.18. The van der Waals surface area contributed by atoms with Crippen LogP contribution in [0.5, 0.6) is 0 Å². The maximum atomic E-state index is 12.1. The molecule has 9 heteroatoms. The molecule has 1 atom stereocenters. The first kappa shape index (κ1) is 27.0. The van der Waals surface area contributed by atoms with Crippen molar-refractivity contribution in [2.24, 2.45) is 0 Å². The molecule has 2 aromatic carbocycles. The van der Waals surface area contributed by atoms with Crippen molar-refractivity contribution in [2.45, 2.75) is 58.3 Å². The van der Waals surface area contributed by atoms with Gasteiger partial charge in [0.1, 0.15) is 0 Å². The number of nitrogens with zero attached hydrogens (tertiary/aromatic N) is 4. The number of nitrogens with one attached hydrogen (secondary N) is 1. The van der Waals surface area contributed by atoms with Crippen LogP contribution in [0.4, 0.5) is 5.69 Å². The minimum Gasteiger partial charge on any atom is -0.390 e. The number of benzene rings is 2. The smallest absolute Gasteiger partial charge is 0.219 e. The van der Waals surface area contributed by atoms with E-state index < -0.39 is 6.10 Å². The van der Waals surface area contributed by atoms with Crippen molar-refractivity contribution in [3.05, 3.63) is 69.3 Å². The Morgan fingerprint density at radius 2 is 1.79 bits per heavy atom. The van der Waals surface area contributed by atoms with Crippen LogP contribution < -0.4 is 5.32 Å². The highest BCUT2D eigenvalue weighted by Crippen LogP contribution is 2.31. The van der Waals surface area contributed by atoms with Gasteiger partial charge in [-0.05, 0) is 49.6 Å². The average Bonchev–Trinajstić information content (AvgIpc) is 3.25. The number of piperidine rings is 1. The van der Waals surface area contributed by atoms with Gasteiger partial charge in [-0.2, -0.15) is 5.10 Å². The number of rotatable bonds is 7. The van der Waals surface area contributed by atoms with Crippen molar-refractivity contribution in [3.8, 4) is 11.3 Å². The first-order valence-corrected chi connectivity index (χ1v) is 14.1. The third kappa shape index (κ3) is 6.18. The lowest BCUT2D eigenvalue weighted by atomic mass is 10.0. The summed E-state index contributed by atoms with van der Waals surface area (Å²) in [5.74, 6) is 0.0638. The molecule has 2 aliphatic rings. The van der Waals surface area contributed by atoms with Gasteiger partial charge in [-0.25, -0.2) is 0 Å². The van der Waals surface area contributed by atoms with E-state index in [1.807, 2.05) is 52.0 Å². The molecule has 7 nitrogen and oxygen atoms in total. The minimum absolute atomic E-state index is 0.0638. The fourth-order valence-electron chi connectivity index (χ4n) is 5.54. The van der Waals surface area contributed by atoms with Crippen LogP contribution in [0.3, 0.4) is 0 Å². The number of aliphatic hydroxyl groups excluding tert-OH is 1. The van der Waals surface area contributed by atoms with Gasteiger partial charge < -0.3 is 20.2 Å². The van der Waals surface area contributed by atoms with Crippen LogP contribution in [0.15, 0.2) is 42.5 Å². The van der Waals surface area contributed by atoms with E-state index in [0.29, 0.717) is 37.2 Å². The molecule has 0 bridgehead atoms. The third-order valence-electron chi connectivity index (χ3n) is 7.70. The van der Waals surface area contributed by atoms with Gasteiger partial charge in [0.2, 0.25) is 5.91 Å². The van der Waals surface area contributed by atoms with Crippen LogP contribution >= 0.6 is 23.2 Å². The molecule has 3 aromatic rings. The van der Waals surface area contributed by atoms with E-state index in [9.17, 15) is 9.90 Å². The molecule has 0 spiro atoms. The van der Waals surface area contributed by atoms with E-state index in [-0.39, 0.29) is 5.91 Å². The van der Waals surface area contributed by atoms with Crippen LogP contribution in [-0.2, 0) is 24.3 Å². The molecule has 1 fully saturated rings.